The van der Waals surface area contributed by atoms with Gasteiger partial charge in [-0.1, -0.05) is 24.3 Å². The van der Waals surface area contributed by atoms with E-state index in [1.54, 1.807) is 12.1 Å². The third-order valence-corrected chi connectivity index (χ3v) is 8.23. The molecule has 0 saturated carbocycles. The van der Waals surface area contributed by atoms with E-state index in [0.29, 0.717) is 22.4 Å². The standard InChI is InChI=1S/C30H32F2N4O8S/c31-21-4-2-20(3-5-21)26(37)12-11-25-28(36(29(25)39)23-8-6-22(32)7-9-23)24-10-1-19(17-27(24)38)18-43-30(40)34-13-15-35(16-14-34)44-45(33,41)42/h1-10,17,25-26,28,37-38H,11-16,18H2,(H2,33,41,42). The molecule has 2 fully saturated rings. The molecule has 2 aliphatic rings. The van der Waals surface area contributed by atoms with Crippen LogP contribution in [0.15, 0.2) is 66.7 Å². The van der Waals surface area contributed by atoms with Crippen LogP contribution < -0.4 is 10.0 Å². The summed E-state index contributed by atoms with van der Waals surface area (Å²) in [7, 11) is -4.16. The number of piperazine rings is 1. The van der Waals surface area contributed by atoms with E-state index in [1.165, 1.54) is 64.4 Å². The van der Waals surface area contributed by atoms with Crippen molar-refractivity contribution in [3.8, 4) is 5.75 Å². The second kappa shape index (κ2) is 13.5. The summed E-state index contributed by atoms with van der Waals surface area (Å²) in [6.45, 7) is 0.329. The first-order valence-electron chi connectivity index (χ1n) is 14.1. The van der Waals surface area contributed by atoms with Crippen molar-refractivity contribution in [2.24, 2.45) is 11.1 Å². The largest absolute Gasteiger partial charge is 0.508 e. The number of rotatable bonds is 10. The number of aliphatic hydroxyl groups is 1. The van der Waals surface area contributed by atoms with Crippen LogP contribution in [0.3, 0.4) is 0 Å². The lowest BCUT2D eigenvalue weighted by molar-refractivity contribution is -0.131. The number of amides is 2. The molecule has 240 valence electrons. The lowest BCUT2D eigenvalue weighted by Gasteiger charge is -2.48. The molecular weight excluding hydrogens is 614 g/mol. The molecule has 2 amide bonds. The average Bonchev–Trinajstić information content (AvgIpc) is 3.00. The van der Waals surface area contributed by atoms with Crippen LogP contribution in [0.25, 0.3) is 0 Å². The third-order valence-electron chi connectivity index (χ3n) is 7.81. The number of carbonyl (C=O) groups excluding carboxylic acids is 2. The van der Waals surface area contributed by atoms with Gasteiger partial charge in [-0.2, -0.15) is 17.8 Å². The van der Waals surface area contributed by atoms with E-state index in [9.17, 15) is 37.0 Å². The molecule has 45 heavy (non-hydrogen) atoms. The number of phenols is 1. The zero-order chi connectivity index (χ0) is 32.3. The van der Waals surface area contributed by atoms with Gasteiger partial charge in [-0.15, -0.1) is 0 Å². The fourth-order valence-electron chi connectivity index (χ4n) is 5.52. The Hall–Kier alpha value is -4.15. The highest BCUT2D eigenvalue weighted by Gasteiger charge is 2.49. The maximum Gasteiger partial charge on any atom is 0.410 e. The highest BCUT2D eigenvalue weighted by Crippen LogP contribution is 2.48. The SMILES string of the molecule is NS(=O)(=O)ON1CCN(C(=O)OCc2ccc(C3C(CCC(O)c4ccc(F)cc4)C(=O)N3c3ccc(F)cc3)c(O)c2)CC1. The van der Waals surface area contributed by atoms with Crippen LogP contribution in [0.2, 0.25) is 0 Å². The van der Waals surface area contributed by atoms with Crippen molar-refractivity contribution in [3.63, 3.8) is 0 Å². The predicted molar refractivity (Wildman–Crippen MR) is 156 cm³/mol. The molecule has 0 aliphatic carbocycles. The maximum absolute atomic E-state index is 13.6. The summed E-state index contributed by atoms with van der Waals surface area (Å²) < 4.78 is 59.1. The number of benzene rings is 3. The number of aromatic hydroxyl groups is 1. The van der Waals surface area contributed by atoms with E-state index in [4.69, 9.17) is 9.88 Å². The van der Waals surface area contributed by atoms with Gasteiger partial charge >= 0.3 is 16.4 Å². The topological polar surface area (TPSA) is 163 Å². The molecule has 3 unspecified atom stereocenters. The van der Waals surface area contributed by atoms with Crippen LogP contribution in [-0.2, 0) is 30.7 Å². The molecule has 0 aromatic heterocycles. The van der Waals surface area contributed by atoms with Crippen molar-refractivity contribution in [3.05, 3.63) is 95.1 Å². The fourth-order valence-corrected chi connectivity index (χ4v) is 5.96. The van der Waals surface area contributed by atoms with Gasteiger partial charge in [0.1, 0.15) is 24.0 Å². The Labute approximate surface area is 258 Å². The number of nitrogens with zero attached hydrogens (tertiary/aromatic N) is 3. The molecule has 2 heterocycles. The molecule has 3 aromatic rings. The quantitative estimate of drug-likeness (QED) is 0.281. The normalized spacial score (nSPS) is 19.7. The number of anilines is 1. The summed E-state index contributed by atoms with van der Waals surface area (Å²) in [5.41, 5.74) is 1.84. The van der Waals surface area contributed by atoms with E-state index in [-0.39, 0.29) is 57.3 Å². The summed E-state index contributed by atoms with van der Waals surface area (Å²) >= 11 is 0. The van der Waals surface area contributed by atoms with Crippen LogP contribution in [0.4, 0.5) is 19.3 Å². The van der Waals surface area contributed by atoms with Crippen LogP contribution in [0.1, 0.15) is 41.7 Å². The van der Waals surface area contributed by atoms with E-state index in [0.717, 1.165) is 5.06 Å². The summed E-state index contributed by atoms with van der Waals surface area (Å²) in [6.07, 6.45) is -1.12. The number of hydrogen-bond acceptors (Lipinski definition) is 9. The van der Waals surface area contributed by atoms with Crippen molar-refractivity contribution < 1.29 is 46.0 Å². The Kier molecular flexibility index (Phi) is 9.65. The summed E-state index contributed by atoms with van der Waals surface area (Å²) in [4.78, 5) is 28.7. The van der Waals surface area contributed by atoms with Gasteiger partial charge in [0.05, 0.1) is 18.1 Å². The number of hydrogen-bond donors (Lipinski definition) is 3. The number of nitrogens with two attached hydrogens (primary N) is 1. The highest BCUT2D eigenvalue weighted by atomic mass is 32.2. The smallest absolute Gasteiger partial charge is 0.410 e. The average molecular weight is 647 g/mol. The zero-order valence-corrected chi connectivity index (χ0v) is 24.8. The van der Waals surface area contributed by atoms with Gasteiger partial charge in [0, 0.05) is 37.4 Å². The third kappa shape index (κ3) is 7.75. The highest BCUT2D eigenvalue weighted by molar-refractivity contribution is 7.84. The Morgan fingerprint density at radius 1 is 0.978 bits per heavy atom. The van der Waals surface area contributed by atoms with Crippen molar-refractivity contribution in [1.29, 1.82) is 0 Å². The molecule has 3 atom stereocenters. The summed E-state index contributed by atoms with van der Waals surface area (Å²) in [6, 6.07) is 14.9. The minimum Gasteiger partial charge on any atom is -0.508 e. The van der Waals surface area contributed by atoms with Gasteiger partial charge in [-0.25, -0.2) is 18.7 Å². The molecule has 4 N–H and O–H groups in total. The molecule has 0 radical (unpaired) electrons. The molecule has 5 rings (SSSR count). The van der Waals surface area contributed by atoms with Gasteiger partial charge in [0.15, 0.2) is 0 Å². The zero-order valence-electron chi connectivity index (χ0n) is 24.0. The molecule has 0 spiro atoms. The number of β-lactam (4-membered cyclic amide) rings is 1. The number of hydroxylamine groups is 2. The van der Waals surface area contributed by atoms with Gasteiger partial charge in [0.25, 0.3) is 0 Å². The van der Waals surface area contributed by atoms with Crippen molar-refractivity contribution in [1.82, 2.24) is 9.96 Å². The van der Waals surface area contributed by atoms with Crippen LogP contribution >= 0.6 is 0 Å². The van der Waals surface area contributed by atoms with Crippen molar-refractivity contribution in [2.45, 2.75) is 31.6 Å². The second-order valence-corrected chi connectivity index (χ2v) is 11.9. The maximum atomic E-state index is 13.6. The lowest BCUT2D eigenvalue weighted by Crippen LogP contribution is -2.55. The van der Waals surface area contributed by atoms with Gasteiger partial charge < -0.3 is 24.7 Å². The van der Waals surface area contributed by atoms with Gasteiger partial charge in [-0.05, 0) is 66.4 Å². The predicted octanol–water partition coefficient (Wildman–Crippen LogP) is 3.28. The molecule has 12 nitrogen and oxygen atoms in total. The van der Waals surface area contributed by atoms with Crippen molar-refractivity contribution in [2.75, 3.05) is 31.1 Å². The molecule has 0 bridgehead atoms. The molecular formula is C30H32F2N4O8S. The van der Waals surface area contributed by atoms with Crippen LogP contribution in [0.5, 0.6) is 5.75 Å². The summed E-state index contributed by atoms with van der Waals surface area (Å²) in [5.74, 6) is -1.92. The minimum atomic E-state index is -4.16. The number of aliphatic hydroxyl groups excluding tert-OH is 1. The first kappa shape index (κ1) is 32.2. The monoisotopic (exact) mass is 646 g/mol. The van der Waals surface area contributed by atoms with Crippen molar-refractivity contribution >= 4 is 28.0 Å². The first-order valence-corrected chi connectivity index (χ1v) is 15.6. The second-order valence-electron chi connectivity index (χ2n) is 10.8. The van der Waals surface area contributed by atoms with E-state index < -0.39 is 46.1 Å². The number of ether oxygens (including phenoxy) is 1. The Bertz CT molecular complexity index is 1630. The van der Waals surface area contributed by atoms with Gasteiger partial charge in [-0.3, -0.25) is 4.79 Å². The van der Waals surface area contributed by atoms with Crippen LogP contribution in [0, 0.1) is 17.6 Å². The number of halogens is 2. The number of carbonyl (C=O) groups is 2. The molecule has 2 aliphatic heterocycles. The Balaban J connectivity index is 1.26. The van der Waals surface area contributed by atoms with Gasteiger partial charge in [0.2, 0.25) is 5.91 Å². The van der Waals surface area contributed by atoms with Crippen LogP contribution in [-0.4, -0.2) is 66.8 Å². The number of phenolic OH excluding ortho intramolecular Hbond substituents is 1. The van der Waals surface area contributed by atoms with E-state index in [1.807, 2.05) is 0 Å². The Morgan fingerprint density at radius 3 is 2.20 bits per heavy atom. The lowest BCUT2D eigenvalue weighted by atomic mass is 9.77. The first-order chi connectivity index (χ1) is 21.4. The molecule has 3 aromatic carbocycles. The molecule has 15 heteroatoms. The Morgan fingerprint density at radius 2 is 1.60 bits per heavy atom. The molecule has 2 saturated heterocycles. The fraction of sp³-hybridized carbons (Fsp3) is 0.333. The summed E-state index contributed by atoms with van der Waals surface area (Å²) in [5, 5.41) is 27.7. The minimum absolute atomic E-state index is 0.105. The van der Waals surface area contributed by atoms with E-state index >= 15 is 0 Å². The van der Waals surface area contributed by atoms with E-state index in [2.05, 4.69) is 4.28 Å².